The van der Waals surface area contributed by atoms with E-state index in [0.717, 1.165) is 34.0 Å². The minimum Gasteiger partial charge on any atom is -0.497 e. The van der Waals surface area contributed by atoms with Gasteiger partial charge >= 0.3 is 0 Å². The lowest BCUT2D eigenvalue weighted by Gasteiger charge is -2.21. The van der Waals surface area contributed by atoms with Crippen LogP contribution in [0, 0.1) is 0 Å². The van der Waals surface area contributed by atoms with Crippen molar-refractivity contribution < 1.29 is 9.47 Å². The number of H-pyrrole nitrogens is 1. The fourth-order valence-corrected chi connectivity index (χ4v) is 3.01. The van der Waals surface area contributed by atoms with Gasteiger partial charge in [-0.25, -0.2) is 4.98 Å². The molecular weight excluding hydrogens is 495 g/mol. The molecule has 8 nitrogen and oxygen atoms in total. The molecule has 3 rings (SSSR count). The summed E-state index contributed by atoms with van der Waals surface area (Å²) in [7, 11) is 5.06. The maximum Gasteiger partial charge on any atom is 0.191 e. The molecule has 0 aliphatic heterocycles. The van der Waals surface area contributed by atoms with Gasteiger partial charge in [0.1, 0.15) is 17.8 Å². The molecule has 0 spiro atoms. The SMILES string of the molecule is CN=C(NCc1cccc(-c2ncn[nH]2)c1)NC(C)c1cc(OC)ccc1OC.I. The molecule has 1 heterocycles. The van der Waals surface area contributed by atoms with Crippen LogP contribution in [0.4, 0.5) is 0 Å². The summed E-state index contributed by atoms with van der Waals surface area (Å²) in [5.41, 5.74) is 3.08. The maximum atomic E-state index is 5.49. The fourth-order valence-electron chi connectivity index (χ4n) is 3.01. The summed E-state index contributed by atoms with van der Waals surface area (Å²) < 4.78 is 10.8. The fraction of sp³-hybridized carbons (Fsp3) is 0.286. The van der Waals surface area contributed by atoms with Gasteiger partial charge in [-0.1, -0.05) is 18.2 Å². The second kappa shape index (κ2) is 11.4. The molecule has 0 aliphatic carbocycles. The topological polar surface area (TPSA) is 96.5 Å². The van der Waals surface area contributed by atoms with Crippen LogP contribution in [0.1, 0.15) is 24.1 Å². The highest BCUT2D eigenvalue weighted by atomic mass is 127. The van der Waals surface area contributed by atoms with E-state index in [4.69, 9.17) is 9.47 Å². The average Bonchev–Trinajstić information content (AvgIpc) is 3.31. The number of aromatic nitrogens is 3. The molecule has 0 saturated carbocycles. The number of nitrogens with zero attached hydrogens (tertiary/aromatic N) is 3. The summed E-state index contributed by atoms with van der Waals surface area (Å²) in [5.74, 6) is 3.00. The van der Waals surface area contributed by atoms with Crippen LogP contribution in [-0.2, 0) is 6.54 Å². The highest BCUT2D eigenvalue weighted by Gasteiger charge is 2.14. The number of methoxy groups -OCH3 is 2. The van der Waals surface area contributed by atoms with E-state index in [9.17, 15) is 0 Å². The van der Waals surface area contributed by atoms with Crippen LogP contribution in [0.15, 0.2) is 53.8 Å². The Balaban J connectivity index is 0.00000320. The largest absolute Gasteiger partial charge is 0.497 e. The molecule has 30 heavy (non-hydrogen) atoms. The number of aromatic amines is 1. The van der Waals surface area contributed by atoms with Crippen molar-refractivity contribution in [3.63, 3.8) is 0 Å². The second-order valence-corrected chi connectivity index (χ2v) is 6.43. The number of ether oxygens (including phenoxy) is 2. The number of halogens is 1. The first-order valence-corrected chi connectivity index (χ1v) is 9.28. The summed E-state index contributed by atoms with van der Waals surface area (Å²) in [6.45, 7) is 2.66. The van der Waals surface area contributed by atoms with Gasteiger partial charge in [-0.05, 0) is 36.8 Å². The summed E-state index contributed by atoms with van der Waals surface area (Å²) in [6, 6.07) is 13.8. The Morgan fingerprint density at radius 2 is 2.00 bits per heavy atom. The molecule has 1 atom stereocenters. The third-order valence-electron chi connectivity index (χ3n) is 4.56. The normalized spacial score (nSPS) is 11.9. The summed E-state index contributed by atoms with van der Waals surface area (Å²) in [6.07, 6.45) is 1.50. The van der Waals surface area contributed by atoms with Crippen molar-refractivity contribution in [3.05, 3.63) is 59.9 Å². The van der Waals surface area contributed by atoms with Crippen molar-refractivity contribution in [2.45, 2.75) is 19.5 Å². The first-order valence-electron chi connectivity index (χ1n) is 9.28. The predicted octanol–water partition coefficient (Wildman–Crippen LogP) is 3.53. The van der Waals surface area contributed by atoms with Crippen molar-refractivity contribution in [1.29, 1.82) is 0 Å². The third-order valence-corrected chi connectivity index (χ3v) is 4.56. The highest BCUT2D eigenvalue weighted by Crippen LogP contribution is 2.29. The number of benzene rings is 2. The number of rotatable bonds is 7. The van der Waals surface area contributed by atoms with E-state index < -0.39 is 0 Å². The zero-order chi connectivity index (χ0) is 20.6. The minimum absolute atomic E-state index is 0. The molecule has 0 bridgehead atoms. The Kier molecular flexibility index (Phi) is 8.90. The summed E-state index contributed by atoms with van der Waals surface area (Å²) in [5, 5.41) is 13.5. The van der Waals surface area contributed by atoms with Gasteiger partial charge in [0.2, 0.25) is 0 Å². The maximum absolute atomic E-state index is 5.49. The Morgan fingerprint density at radius 1 is 1.17 bits per heavy atom. The molecule has 3 N–H and O–H groups in total. The van der Waals surface area contributed by atoms with E-state index in [1.807, 2.05) is 30.3 Å². The lowest BCUT2D eigenvalue weighted by Crippen LogP contribution is -2.38. The van der Waals surface area contributed by atoms with E-state index in [0.29, 0.717) is 12.5 Å². The molecule has 2 aromatic carbocycles. The van der Waals surface area contributed by atoms with Crippen LogP contribution in [0.25, 0.3) is 11.4 Å². The first kappa shape index (κ1) is 23.5. The van der Waals surface area contributed by atoms with Crippen LogP contribution >= 0.6 is 24.0 Å². The van der Waals surface area contributed by atoms with Gasteiger partial charge in [0.15, 0.2) is 11.8 Å². The molecule has 1 aromatic heterocycles. The second-order valence-electron chi connectivity index (χ2n) is 6.43. The molecule has 1 unspecified atom stereocenters. The molecule has 0 saturated heterocycles. The smallest absolute Gasteiger partial charge is 0.191 e. The lowest BCUT2D eigenvalue weighted by molar-refractivity contribution is 0.394. The van der Waals surface area contributed by atoms with Crippen molar-refractivity contribution in [1.82, 2.24) is 25.8 Å². The van der Waals surface area contributed by atoms with Gasteiger partial charge < -0.3 is 20.1 Å². The minimum atomic E-state index is -0.0354. The molecule has 0 aliphatic rings. The molecule has 0 fully saturated rings. The Bertz CT molecular complexity index is 962. The lowest BCUT2D eigenvalue weighted by atomic mass is 10.1. The van der Waals surface area contributed by atoms with E-state index in [1.165, 1.54) is 6.33 Å². The van der Waals surface area contributed by atoms with E-state index in [-0.39, 0.29) is 30.0 Å². The number of hydrogen-bond donors (Lipinski definition) is 3. The number of aliphatic imine (C=N–C) groups is 1. The van der Waals surface area contributed by atoms with Gasteiger partial charge in [-0.15, -0.1) is 24.0 Å². The van der Waals surface area contributed by atoms with E-state index in [2.05, 4.69) is 49.9 Å². The van der Waals surface area contributed by atoms with Gasteiger partial charge in [-0.3, -0.25) is 10.1 Å². The van der Waals surface area contributed by atoms with Gasteiger partial charge in [0.05, 0.1) is 20.3 Å². The molecule has 0 radical (unpaired) electrons. The summed E-state index contributed by atoms with van der Waals surface area (Å²) >= 11 is 0. The van der Waals surface area contributed by atoms with Gasteiger partial charge in [-0.2, -0.15) is 5.10 Å². The summed E-state index contributed by atoms with van der Waals surface area (Å²) in [4.78, 5) is 8.53. The van der Waals surface area contributed by atoms with Crippen LogP contribution in [0.2, 0.25) is 0 Å². The number of nitrogens with one attached hydrogen (secondary N) is 3. The standard InChI is InChI=1S/C21H26N6O2.HI/c1-14(18-11-17(28-3)8-9-19(18)29-4)26-21(22-2)23-12-15-6-5-7-16(10-15)20-24-13-25-27-20;/h5-11,13-14H,12H2,1-4H3,(H2,22,23,26)(H,24,25,27);1H. The Labute approximate surface area is 193 Å². The van der Waals surface area contributed by atoms with Gasteiger partial charge in [0, 0.05) is 24.7 Å². The third kappa shape index (κ3) is 5.85. The molecule has 0 amide bonds. The number of guanidine groups is 1. The van der Waals surface area contributed by atoms with Crippen LogP contribution in [0.5, 0.6) is 11.5 Å². The Hall–Kier alpha value is -2.82. The van der Waals surface area contributed by atoms with Crippen LogP contribution in [0.3, 0.4) is 0 Å². The monoisotopic (exact) mass is 522 g/mol. The number of hydrogen-bond acceptors (Lipinski definition) is 5. The van der Waals surface area contributed by atoms with Crippen molar-refractivity contribution in [2.24, 2.45) is 4.99 Å². The van der Waals surface area contributed by atoms with Crippen LogP contribution in [-0.4, -0.2) is 42.4 Å². The highest BCUT2D eigenvalue weighted by molar-refractivity contribution is 14.0. The quantitative estimate of drug-likeness (QED) is 0.250. The predicted molar refractivity (Wildman–Crippen MR) is 129 cm³/mol. The molecule has 3 aromatic rings. The zero-order valence-corrected chi connectivity index (χ0v) is 19.8. The van der Waals surface area contributed by atoms with Crippen molar-refractivity contribution in [3.8, 4) is 22.9 Å². The van der Waals surface area contributed by atoms with Crippen molar-refractivity contribution in [2.75, 3.05) is 21.3 Å². The first-order chi connectivity index (χ1) is 14.1. The van der Waals surface area contributed by atoms with E-state index >= 15 is 0 Å². The van der Waals surface area contributed by atoms with Gasteiger partial charge in [0.25, 0.3) is 0 Å². The molecule has 9 heteroatoms. The molecule has 160 valence electrons. The van der Waals surface area contributed by atoms with E-state index in [1.54, 1.807) is 21.3 Å². The average molecular weight is 522 g/mol. The van der Waals surface area contributed by atoms with Crippen LogP contribution < -0.4 is 20.1 Å². The van der Waals surface area contributed by atoms with Crippen molar-refractivity contribution >= 4 is 29.9 Å². The zero-order valence-electron chi connectivity index (χ0n) is 17.5. The Morgan fingerprint density at radius 3 is 2.67 bits per heavy atom. The molecular formula is C21H27IN6O2.